The van der Waals surface area contributed by atoms with Crippen molar-refractivity contribution in [1.29, 1.82) is 0 Å². The average Bonchev–Trinajstić information content (AvgIpc) is 2.85. The van der Waals surface area contributed by atoms with Crippen LogP contribution in [0, 0.1) is 13.8 Å². The first-order chi connectivity index (χ1) is 13.5. The zero-order valence-corrected chi connectivity index (χ0v) is 16.2. The van der Waals surface area contributed by atoms with E-state index in [-0.39, 0.29) is 5.69 Å². The topological polar surface area (TPSA) is 82.5 Å². The van der Waals surface area contributed by atoms with Crippen LogP contribution in [0.2, 0.25) is 0 Å². The van der Waals surface area contributed by atoms with Crippen LogP contribution in [-0.2, 0) is 21.4 Å². The molecule has 0 aliphatic heterocycles. The van der Waals surface area contributed by atoms with Crippen molar-refractivity contribution < 1.29 is 32.2 Å². The predicted molar refractivity (Wildman–Crippen MR) is 99.0 cm³/mol. The summed E-state index contributed by atoms with van der Waals surface area (Å²) in [5, 5.41) is 6.67. The van der Waals surface area contributed by atoms with Gasteiger partial charge in [0, 0.05) is 30.1 Å². The number of nitrogens with zero attached hydrogens (tertiary/aromatic N) is 2. The van der Waals surface area contributed by atoms with Crippen LogP contribution in [0.25, 0.3) is 6.08 Å². The molecule has 1 heterocycles. The standard InChI is InChI=1S/C19H20F3N3O4/c1-11-16(12(2)25(4)24-11)9-10-17(26)28-13(3)18(27)23-14-5-7-15(8-6-14)29-19(20,21)22/h5-10,13H,1-4H3,(H,23,27)/b10-9+/t13-/m1/s1. The molecule has 7 nitrogen and oxygen atoms in total. The molecule has 0 aliphatic carbocycles. The van der Waals surface area contributed by atoms with Gasteiger partial charge in [-0.15, -0.1) is 13.2 Å². The first kappa shape index (κ1) is 22.0. The van der Waals surface area contributed by atoms with Crippen LogP contribution in [0.5, 0.6) is 5.75 Å². The highest BCUT2D eigenvalue weighted by molar-refractivity contribution is 5.96. The summed E-state index contributed by atoms with van der Waals surface area (Å²) >= 11 is 0. The molecular formula is C19H20F3N3O4. The first-order valence-electron chi connectivity index (χ1n) is 8.52. The van der Waals surface area contributed by atoms with E-state index in [9.17, 15) is 22.8 Å². The molecule has 0 saturated carbocycles. The van der Waals surface area contributed by atoms with Crippen molar-refractivity contribution in [3.63, 3.8) is 0 Å². The van der Waals surface area contributed by atoms with Crippen molar-refractivity contribution >= 4 is 23.6 Å². The van der Waals surface area contributed by atoms with Crippen LogP contribution in [0.4, 0.5) is 18.9 Å². The van der Waals surface area contributed by atoms with E-state index >= 15 is 0 Å². The number of aromatic nitrogens is 2. The molecule has 0 unspecified atom stereocenters. The summed E-state index contributed by atoms with van der Waals surface area (Å²) in [5.41, 5.74) is 2.63. The molecule has 1 amide bonds. The Bertz CT molecular complexity index is 918. The third-order valence-corrected chi connectivity index (χ3v) is 3.97. The number of esters is 1. The molecule has 156 valence electrons. The molecule has 2 rings (SSSR count). The number of rotatable bonds is 6. The highest BCUT2D eigenvalue weighted by atomic mass is 19.4. The Morgan fingerprint density at radius 1 is 1.21 bits per heavy atom. The third kappa shape index (κ3) is 6.37. The van der Waals surface area contributed by atoms with Gasteiger partial charge in [0.15, 0.2) is 6.10 Å². The minimum atomic E-state index is -4.80. The number of halogens is 3. The van der Waals surface area contributed by atoms with E-state index in [1.807, 2.05) is 6.92 Å². The van der Waals surface area contributed by atoms with Gasteiger partial charge in [0.2, 0.25) is 0 Å². The van der Waals surface area contributed by atoms with Crippen molar-refractivity contribution in [2.75, 3.05) is 5.32 Å². The van der Waals surface area contributed by atoms with E-state index in [0.29, 0.717) is 0 Å². The summed E-state index contributed by atoms with van der Waals surface area (Å²) in [6, 6.07) is 4.59. The lowest BCUT2D eigenvalue weighted by atomic mass is 10.2. The predicted octanol–water partition coefficient (Wildman–Crippen LogP) is 3.52. The molecule has 1 N–H and O–H groups in total. The molecule has 1 aromatic carbocycles. The van der Waals surface area contributed by atoms with Crippen molar-refractivity contribution in [3.8, 4) is 5.75 Å². The number of ether oxygens (including phenoxy) is 2. The summed E-state index contributed by atoms with van der Waals surface area (Å²) in [4.78, 5) is 24.1. The molecule has 0 saturated heterocycles. The zero-order chi connectivity index (χ0) is 21.8. The molecule has 0 radical (unpaired) electrons. The largest absolute Gasteiger partial charge is 0.573 e. The Morgan fingerprint density at radius 2 is 1.83 bits per heavy atom. The van der Waals surface area contributed by atoms with Crippen LogP contribution < -0.4 is 10.1 Å². The van der Waals surface area contributed by atoms with Gasteiger partial charge in [-0.1, -0.05) is 0 Å². The molecule has 0 fully saturated rings. The van der Waals surface area contributed by atoms with E-state index in [2.05, 4.69) is 15.2 Å². The maximum absolute atomic E-state index is 12.1. The average molecular weight is 411 g/mol. The quantitative estimate of drug-likeness (QED) is 0.581. The van der Waals surface area contributed by atoms with Gasteiger partial charge in [0.05, 0.1) is 5.69 Å². The van der Waals surface area contributed by atoms with Gasteiger partial charge >= 0.3 is 12.3 Å². The maximum atomic E-state index is 12.1. The monoisotopic (exact) mass is 411 g/mol. The highest BCUT2D eigenvalue weighted by Crippen LogP contribution is 2.24. The van der Waals surface area contributed by atoms with Gasteiger partial charge in [-0.2, -0.15) is 5.10 Å². The highest BCUT2D eigenvalue weighted by Gasteiger charge is 2.31. The lowest BCUT2D eigenvalue weighted by Gasteiger charge is -2.13. The van der Waals surface area contributed by atoms with Crippen LogP contribution in [-0.4, -0.2) is 34.1 Å². The van der Waals surface area contributed by atoms with Crippen LogP contribution in [0.3, 0.4) is 0 Å². The molecule has 10 heteroatoms. The summed E-state index contributed by atoms with van der Waals surface area (Å²) in [7, 11) is 1.78. The minimum absolute atomic E-state index is 0.226. The normalized spacial score (nSPS) is 12.7. The molecular weight excluding hydrogens is 391 g/mol. The Hall–Kier alpha value is -3.30. The minimum Gasteiger partial charge on any atom is -0.449 e. The van der Waals surface area contributed by atoms with Crippen molar-refractivity contribution in [1.82, 2.24) is 9.78 Å². The number of anilines is 1. The van der Waals surface area contributed by atoms with Gasteiger partial charge in [0.1, 0.15) is 5.75 Å². The Balaban J connectivity index is 1.91. The van der Waals surface area contributed by atoms with Gasteiger partial charge < -0.3 is 14.8 Å². The second kappa shape index (κ2) is 8.80. The Kier molecular flexibility index (Phi) is 6.68. The third-order valence-electron chi connectivity index (χ3n) is 3.97. The van der Waals surface area contributed by atoms with E-state index in [1.54, 1.807) is 24.7 Å². The van der Waals surface area contributed by atoms with Gasteiger partial charge in [0.25, 0.3) is 5.91 Å². The fourth-order valence-corrected chi connectivity index (χ4v) is 2.43. The molecule has 0 spiro atoms. The lowest BCUT2D eigenvalue weighted by Crippen LogP contribution is -2.29. The van der Waals surface area contributed by atoms with Crippen molar-refractivity contribution in [2.45, 2.75) is 33.2 Å². The molecule has 2 aromatic rings. The smallest absolute Gasteiger partial charge is 0.449 e. The first-order valence-corrected chi connectivity index (χ1v) is 8.52. The lowest BCUT2D eigenvalue weighted by molar-refractivity contribution is -0.274. The Morgan fingerprint density at radius 3 is 2.34 bits per heavy atom. The van der Waals surface area contributed by atoms with E-state index in [4.69, 9.17) is 4.74 Å². The van der Waals surface area contributed by atoms with Gasteiger partial charge in [-0.25, -0.2) is 4.79 Å². The number of benzene rings is 1. The number of hydrogen-bond acceptors (Lipinski definition) is 5. The summed E-state index contributed by atoms with van der Waals surface area (Å²) in [5.74, 6) is -1.77. The molecule has 0 bridgehead atoms. The van der Waals surface area contributed by atoms with Crippen LogP contribution in [0.15, 0.2) is 30.3 Å². The SMILES string of the molecule is Cc1nn(C)c(C)c1/C=C/C(=O)O[C@H](C)C(=O)Nc1ccc(OC(F)(F)F)cc1. The van der Waals surface area contributed by atoms with Crippen LogP contribution >= 0.6 is 0 Å². The fourth-order valence-electron chi connectivity index (χ4n) is 2.43. The van der Waals surface area contributed by atoms with Crippen molar-refractivity contribution in [3.05, 3.63) is 47.3 Å². The van der Waals surface area contributed by atoms with Gasteiger partial charge in [-0.3, -0.25) is 9.48 Å². The van der Waals surface area contributed by atoms with Crippen LogP contribution in [0.1, 0.15) is 23.9 Å². The molecule has 29 heavy (non-hydrogen) atoms. The summed E-state index contributed by atoms with van der Waals surface area (Å²) in [6.07, 6.45) is -3.16. The van der Waals surface area contributed by atoms with E-state index in [1.165, 1.54) is 25.1 Å². The number of nitrogens with one attached hydrogen (secondary N) is 1. The molecule has 1 atom stereocenters. The number of carbonyl (C=O) groups is 2. The maximum Gasteiger partial charge on any atom is 0.573 e. The number of amides is 1. The number of aryl methyl sites for hydroxylation is 2. The molecule has 1 aromatic heterocycles. The fraction of sp³-hybridized carbons (Fsp3) is 0.316. The summed E-state index contributed by atoms with van der Waals surface area (Å²) < 4.78 is 46.9. The number of alkyl halides is 3. The van der Waals surface area contributed by atoms with E-state index in [0.717, 1.165) is 29.1 Å². The van der Waals surface area contributed by atoms with Gasteiger partial charge in [-0.05, 0) is 51.1 Å². The number of carbonyl (C=O) groups excluding carboxylic acids is 2. The zero-order valence-electron chi connectivity index (χ0n) is 16.2. The Labute approximate surface area is 165 Å². The number of hydrogen-bond donors (Lipinski definition) is 1. The summed E-state index contributed by atoms with van der Waals surface area (Å²) in [6.45, 7) is 5.04. The van der Waals surface area contributed by atoms with E-state index < -0.39 is 30.1 Å². The molecule has 0 aliphatic rings. The second-order valence-corrected chi connectivity index (χ2v) is 6.18. The second-order valence-electron chi connectivity index (χ2n) is 6.18. The van der Waals surface area contributed by atoms with Crippen molar-refractivity contribution in [2.24, 2.45) is 7.05 Å².